The SMILES string of the molecule is O=Cc1c(F)cccc1Sc1cccc(Cl)c1. The zero-order valence-electron chi connectivity index (χ0n) is 8.69. The van der Waals surface area contributed by atoms with Gasteiger partial charge in [0, 0.05) is 14.8 Å². The van der Waals surface area contributed by atoms with Gasteiger partial charge < -0.3 is 0 Å². The summed E-state index contributed by atoms with van der Waals surface area (Å²) in [6.45, 7) is 0. The molecule has 2 aromatic rings. The lowest BCUT2D eigenvalue weighted by Crippen LogP contribution is -1.90. The van der Waals surface area contributed by atoms with Crippen LogP contribution >= 0.6 is 23.4 Å². The second-order valence-corrected chi connectivity index (χ2v) is 4.88. The first-order valence-electron chi connectivity index (χ1n) is 4.88. The van der Waals surface area contributed by atoms with Gasteiger partial charge in [0.15, 0.2) is 6.29 Å². The number of hydrogen-bond acceptors (Lipinski definition) is 2. The minimum absolute atomic E-state index is 0.0810. The Morgan fingerprint density at radius 2 is 1.94 bits per heavy atom. The summed E-state index contributed by atoms with van der Waals surface area (Å²) in [6, 6.07) is 11.8. The quantitative estimate of drug-likeness (QED) is 0.764. The number of aldehydes is 1. The molecule has 0 radical (unpaired) electrons. The normalized spacial score (nSPS) is 10.2. The van der Waals surface area contributed by atoms with Crippen LogP contribution in [-0.2, 0) is 0 Å². The Labute approximate surface area is 108 Å². The van der Waals surface area contributed by atoms with Crippen molar-refractivity contribution in [3.05, 3.63) is 58.9 Å². The summed E-state index contributed by atoms with van der Waals surface area (Å²) < 4.78 is 13.4. The Balaban J connectivity index is 2.36. The van der Waals surface area contributed by atoms with Crippen LogP contribution in [0.3, 0.4) is 0 Å². The molecule has 0 aliphatic heterocycles. The van der Waals surface area contributed by atoms with Crippen LogP contribution in [0.1, 0.15) is 10.4 Å². The monoisotopic (exact) mass is 266 g/mol. The maximum Gasteiger partial charge on any atom is 0.154 e. The van der Waals surface area contributed by atoms with E-state index in [1.165, 1.54) is 17.8 Å². The van der Waals surface area contributed by atoms with E-state index in [0.29, 0.717) is 16.2 Å². The van der Waals surface area contributed by atoms with Crippen molar-refractivity contribution in [3.8, 4) is 0 Å². The molecule has 0 aliphatic carbocycles. The van der Waals surface area contributed by atoms with Crippen molar-refractivity contribution < 1.29 is 9.18 Å². The molecule has 2 aromatic carbocycles. The fourth-order valence-electron chi connectivity index (χ4n) is 1.38. The Kier molecular flexibility index (Phi) is 3.82. The van der Waals surface area contributed by atoms with E-state index in [0.717, 1.165) is 4.90 Å². The van der Waals surface area contributed by atoms with Crippen molar-refractivity contribution in [1.82, 2.24) is 0 Å². The van der Waals surface area contributed by atoms with Crippen molar-refractivity contribution in [2.75, 3.05) is 0 Å². The molecule has 1 nitrogen and oxygen atoms in total. The van der Waals surface area contributed by atoms with Crippen LogP contribution in [0.5, 0.6) is 0 Å². The number of rotatable bonds is 3. The first kappa shape index (κ1) is 12.1. The van der Waals surface area contributed by atoms with E-state index in [2.05, 4.69) is 0 Å². The molecule has 2 rings (SSSR count). The Morgan fingerprint density at radius 1 is 1.18 bits per heavy atom. The van der Waals surface area contributed by atoms with Gasteiger partial charge in [0.05, 0.1) is 5.56 Å². The van der Waals surface area contributed by atoms with Gasteiger partial charge >= 0.3 is 0 Å². The van der Waals surface area contributed by atoms with Gasteiger partial charge in [-0.3, -0.25) is 4.79 Å². The molecule has 0 atom stereocenters. The number of carbonyl (C=O) groups is 1. The summed E-state index contributed by atoms with van der Waals surface area (Å²) in [6.07, 6.45) is 0.530. The van der Waals surface area contributed by atoms with Crippen molar-refractivity contribution in [3.63, 3.8) is 0 Å². The molecule has 4 heteroatoms. The first-order valence-corrected chi connectivity index (χ1v) is 6.07. The molecule has 0 bridgehead atoms. The minimum Gasteiger partial charge on any atom is -0.298 e. The van der Waals surface area contributed by atoms with Crippen LogP contribution < -0.4 is 0 Å². The molecular formula is C13H8ClFOS. The topological polar surface area (TPSA) is 17.1 Å². The zero-order valence-corrected chi connectivity index (χ0v) is 10.3. The number of halogens is 2. The van der Waals surface area contributed by atoms with Gasteiger partial charge in [-0.1, -0.05) is 35.5 Å². The summed E-state index contributed by atoms with van der Waals surface area (Å²) in [5.41, 5.74) is 0.0810. The lowest BCUT2D eigenvalue weighted by Gasteiger charge is -2.05. The first-order chi connectivity index (χ1) is 8.20. The van der Waals surface area contributed by atoms with Crippen molar-refractivity contribution >= 4 is 29.6 Å². The lowest BCUT2D eigenvalue weighted by atomic mass is 10.2. The molecule has 17 heavy (non-hydrogen) atoms. The molecule has 86 valence electrons. The molecule has 0 aromatic heterocycles. The summed E-state index contributed by atoms with van der Waals surface area (Å²) in [7, 11) is 0. The Bertz CT molecular complexity index is 557. The van der Waals surface area contributed by atoms with Crippen molar-refractivity contribution in [2.45, 2.75) is 9.79 Å². The summed E-state index contributed by atoms with van der Waals surface area (Å²) >= 11 is 7.17. The van der Waals surface area contributed by atoms with Gasteiger partial charge in [-0.25, -0.2) is 4.39 Å². The van der Waals surface area contributed by atoms with Gasteiger partial charge in [-0.05, 0) is 30.3 Å². The van der Waals surface area contributed by atoms with Crippen LogP contribution in [0.15, 0.2) is 52.3 Å². The van der Waals surface area contributed by atoms with Gasteiger partial charge in [0.25, 0.3) is 0 Å². The van der Waals surface area contributed by atoms with E-state index in [-0.39, 0.29) is 5.56 Å². The predicted octanol–water partition coefficient (Wildman–Crippen LogP) is 4.44. The fourth-order valence-corrected chi connectivity index (χ4v) is 2.62. The maximum atomic E-state index is 13.4. The summed E-state index contributed by atoms with van der Waals surface area (Å²) in [4.78, 5) is 12.3. The average Bonchev–Trinajstić information content (AvgIpc) is 2.29. The fraction of sp³-hybridized carbons (Fsp3) is 0. The van der Waals surface area contributed by atoms with Crippen LogP contribution in [-0.4, -0.2) is 6.29 Å². The molecular weight excluding hydrogens is 259 g/mol. The molecule has 0 amide bonds. The van der Waals surface area contributed by atoms with Crippen molar-refractivity contribution in [1.29, 1.82) is 0 Å². The lowest BCUT2D eigenvalue weighted by molar-refractivity contribution is 0.111. The average molecular weight is 267 g/mol. The van der Waals surface area contributed by atoms with E-state index >= 15 is 0 Å². The van der Waals surface area contributed by atoms with Crippen LogP contribution in [0.4, 0.5) is 4.39 Å². The summed E-state index contributed by atoms with van der Waals surface area (Å²) in [5, 5.41) is 0.610. The minimum atomic E-state index is -0.507. The highest BCUT2D eigenvalue weighted by molar-refractivity contribution is 7.99. The third kappa shape index (κ3) is 2.87. The van der Waals surface area contributed by atoms with Crippen molar-refractivity contribution in [2.24, 2.45) is 0 Å². The molecule has 0 saturated carbocycles. The third-order valence-corrected chi connectivity index (χ3v) is 3.46. The smallest absolute Gasteiger partial charge is 0.154 e. The van der Waals surface area contributed by atoms with E-state index < -0.39 is 5.82 Å². The van der Waals surface area contributed by atoms with Gasteiger partial charge in [0.1, 0.15) is 5.82 Å². The van der Waals surface area contributed by atoms with Gasteiger partial charge in [-0.2, -0.15) is 0 Å². The number of benzene rings is 2. The maximum absolute atomic E-state index is 13.4. The van der Waals surface area contributed by atoms with E-state index in [1.54, 1.807) is 24.3 Å². The van der Waals surface area contributed by atoms with Crippen LogP contribution in [0, 0.1) is 5.82 Å². The molecule has 0 N–H and O–H groups in total. The van der Waals surface area contributed by atoms with Gasteiger partial charge in [-0.15, -0.1) is 0 Å². The van der Waals surface area contributed by atoms with Gasteiger partial charge in [0.2, 0.25) is 0 Å². The molecule has 0 heterocycles. The second kappa shape index (κ2) is 5.34. The zero-order chi connectivity index (χ0) is 12.3. The number of carbonyl (C=O) groups excluding carboxylic acids is 1. The molecule has 0 saturated heterocycles. The van der Waals surface area contributed by atoms with E-state index in [1.807, 2.05) is 12.1 Å². The van der Waals surface area contributed by atoms with E-state index in [4.69, 9.17) is 11.6 Å². The summed E-state index contributed by atoms with van der Waals surface area (Å²) in [5.74, 6) is -0.507. The molecule has 0 unspecified atom stereocenters. The Hall–Kier alpha value is -1.32. The second-order valence-electron chi connectivity index (χ2n) is 3.33. The Morgan fingerprint density at radius 3 is 2.65 bits per heavy atom. The highest BCUT2D eigenvalue weighted by atomic mass is 35.5. The molecule has 0 fully saturated rings. The van der Waals surface area contributed by atoms with Crippen LogP contribution in [0.25, 0.3) is 0 Å². The molecule has 0 spiro atoms. The molecule has 0 aliphatic rings. The van der Waals surface area contributed by atoms with E-state index in [9.17, 15) is 9.18 Å². The van der Waals surface area contributed by atoms with Crippen LogP contribution in [0.2, 0.25) is 5.02 Å². The third-order valence-electron chi connectivity index (χ3n) is 2.15. The number of hydrogen-bond donors (Lipinski definition) is 0. The highest BCUT2D eigenvalue weighted by Gasteiger charge is 2.08. The largest absolute Gasteiger partial charge is 0.298 e. The highest BCUT2D eigenvalue weighted by Crippen LogP contribution is 2.32. The standard InChI is InChI=1S/C13H8ClFOS/c14-9-3-1-4-10(7-9)17-13-6-2-5-12(15)11(13)8-16/h1-8H. The predicted molar refractivity (Wildman–Crippen MR) is 67.4 cm³/mol.